The quantitative estimate of drug-likeness (QED) is 0.748. The molecule has 88 valence electrons. The number of pyridine rings is 1. The predicted octanol–water partition coefficient (Wildman–Crippen LogP) is 2.78. The fourth-order valence-corrected chi connectivity index (χ4v) is 0.983. The maximum atomic E-state index is 11.8. The number of hydrogen-bond acceptors (Lipinski definition) is 3. The summed E-state index contributed by atoms with van der Waals surface area (Å²) >= 11 is 0. The standard InChI is InChI=1S/C10H11F3N2O/c1-7(14-2)9-4-3-8(5-15-9)16-6-10(11,12)13/h3-5,7H,2,6H2,1H3. The molecule has 0 N–H and O–H groups in total. The highest BCUT2D eigenvalue weighted by Gasteiger charge is 2.28. The molecule has 0 radical (unpaired) electrons. The van der Waals surface area contributed by atoms with Crippen LogP contribution >= 0.6 is 0 Å². The monoisotopic (exact) mass is 232 g/mol. The second-order valence-electron chi connectivity index (χ2n) is 3.18. The van der Waals surface area contributed by atoms with Gasteiger partial charge in [0.1, 0.15) is 5.75 Å². The van der Waals surface area contributed by atoms with Gasteiger partial charge in [-0.05, 0) is 25.8 Å². The summed E-state index contributed by atoms with van der Waals surface area (Å²) in [6.45, 7) is 3.83. The summed E-state index contributed by atoms with van der Waals surface area (Å²) in [7, 11) is 0. The topological polar surface area (TPSA) is 34.5 Å². The molecular weight excluding hydrogens is 221 g/mol. The van der Waals surface area contributed by atoms with Crippen molar-refractivity contribution in [1.82, 2.24) is 4.98 Å². The summed E-state index contributed by atoms with van der Waals surface area (Å²) in [5, 5.41) is 0. The summed E-state index contributed by atoms with van der Waals surface area (Å²) in [5.74, 6) is 0.0809. The molecule has 6 heteroatoms. The molecule has 1 aromatic heterocycles. The number of ether oxygens (including phenoxy) is 1. The number of aromatic nitrogens is 1. The lowest BCUT2D eigenvalue weighted by Crippen LogP contribution is -2.19. The van der Waals surface area contributed by atoms with Crippen LogP contribution in [0.4, 0.5) is 13.2 Å². The van der Waals surface area contributed by atoms with E-state index in [0.29, 0.717) is 5.69 Å². The van der Waals surface area contributed by atoms with E-state index in [-0.39, 0.29) is 11.8 Å². The molecule has 0 aliphatic carbocycles. The van der Waals surface area contributed by atoms with Gasteiger partial charge in [0.2, 0.25) is 0 Å². The minimum atomic E-state index is -4.34. The van der Waals surface area contributed by atoms with Crippen LogP contribution in [0.3, 0.4) is 0 Å². The van der Waals surface area contributed by atoms with Crippen LogP contribution < -0.4 is 4.74 Å². The van der Waals surface area contributed by atoms with Gasteiger partial charge in [0.05, 0.1) is 17.9 Å². The average Bonchev–Trinajstić information content (AvgIpc) is 2.25. The van der Waals surface area contributed by atoms with Crippen LogP contribution in [0, 0.1) is 0 Å². The highest BCUT2D eigenvalue weighted by Crippen LogP contribution is 2.19. The van der Waals surface area contributed by atoms with Crippen LogP contribution in [0.25, 0.3) is 0 Å². The Kier molecular flexibility index (Phi) is 3.87. The van der Waals surface area contributed by atoms with E-state index in [2.05, 4.69) is 21.4 Å². The summed E-state index contributed by atoms with van der Waals surface area (Å²) in [4.78, 5) is 7.66. The SMILES string of the molecule is C=NC(C)c1ccc(OCC(F)(F)F)cn1. The van der Waals surface area contributed by atoms with Crippen LogP contribution in [-0.4, -0.2) is 24.5 Å². The molecule has 0 aromatic carbocycles. The number of hydrogen-bond donors (Lipinski definition) is 0. The van der Waals surface area contributed by atoms with E-state index in [0.717, 1.165) is 0 Å². The van der Waals surface area contributed by atoms with Crippen molar-refractivity contribution in [3.63, 3.8) is 0 Å². The Balaban J connectivity index is 2.61. The van der Waals surface area contributed by atoms with Crippen molar-refractivity contribution in [1.29, 1.82) is 0 Å². The van der Waals surface area contributed by atoms with Gasteiger partial charge in [-0.15, -0.1) is 0 Å². The molecule has 0 spiro atoms. The van der Waals surface area contributed by atoms with Gasteiger partial charge in [0, 0.05) is 0 Å². The van der Waals surface area contributed by atoms with E-state index in [1.165, 1.54) is 12.3 Å². The van der Waals surface area contributed by atoms with Gasteiger partial charge in [-0.25, -0.2) is 0 Å². The van der Waals surface area contributed by atoms with Crippen molar-refractivity contribution in [2.45, 2.75) is 19.1 Å². The molecular formula is C10H11F3N2O. The minimum absolute atomic E-state index is 0.0809. The van der Waals surface area contributed by atoms with Crippen LogP contribution in [0.1, 0.15) is 18.7 Å². The van der Waals surface area contributed by atoms with E-state index in [1.54, 1.807) is 13.0 Å². The van der Waals surface area contributed by atoms with Crippen LogP contribution in [-0.2, 0) is 0 Å². The van der Waals surface area contributed by atoms with E-state index in [4.69, 9.17) is 0 Å². The third-order valence-electron chi connectivity index (χ3n) is 1.86. The van der Waals surface area contributed by atoms with Crippen molar-refractivity contribution in [3.8, 4) is 5.75 Å². The molecule has 0 saturated heterocycles. The number of alkyl halides is 3. The Labute approximate surface area is 91.0 Å². The number of nitrogens with zero attached hydrogens (tertiary/aromatic N) is 2. The van der Waals surface area contributed by atoms with Crippen molar-refractivity contribution in [2.24, 2.45) is 4.99 Å². The lowest BCUT2D eigenvalue weighted by molar-refractivity contribution is -0.153. The molecule has 0 bridgehead atoms. The Bertz CT molecular complexity index is 348. The summed E-state index contributed by atoms with van der Waals surface area (Å²) in [6, 6.07) is 2.80. The van der Waals surface area contributed by atoms with Gasteiger partial charge in [-0.1, -0.05) is 0 Å². The molecule has 1 rings (SSSR count). The van der Waals surface area contributed by atoms with Gasteiger partial charge >= 0.3 is 6.18 Å². The second kappa shape index (κ2) is 4.96. The zero-order valence-electron chi connectivity index (χ0n) is 8.66. The van der Waals surface area contributed by atoms with Gasteiger partial charge < -0.3 is 4.74 Å². The predicted molar refractivity (Wildman–Crippen MR) is 53.8 cm³/mol. The smallest absolute Gasteiger partial charge is 0.422 e. The van der Waals surface area contributed by atoms with Gasteiger partial charge in [0.15, 0.2) is 6.61 Å². The zero-order valence-corrected chi connectivity index (χ0v) is 8.66. The summed E-state index contributed by atoms with van der Waals surface area (Å²) in [6.07, 6.45) is -3.10. The maximum absolute atomic E-state index is 11.8. The molecule has 16 heavy (non-hydrogen) atoms. The zero-order chi connectivity index (χ0) is 12.2. The molecule has 1 heterocycles. The number of halogens is 3. The third-order valence-corrected chi connectivity index (χ3v) is 1.86. The molecule has 0 saturated carbocycles. The highest BCUT2D eigenvalue weighted by molar-refractivity contribution is 5.27. The highest BCUT2D eigenvalue weighted by atomic mass is 19.4. The first kappa shape index (κ1) is 12.5. The van der Waals surface area contributed by atoms with Gasteiger partial charge in [-0.2, -0.15) is 13.2 Å². The first-order valence-electron chi connectivity index (χ1n) is 4.53. The maximum Gasteiger partial charge on any atom is 0.422 e. The molecule has 1 aromatic rings. The first-order chi connectivity index (χ1) is 7.42. The Morgan fingerprint density at radius 3 is 2.62 bits per heavy atom. The molecule has 3 nitrogen and oxygen atoms in total. The number of rotatable bonds is 4. The lowest BCUT2D eigenvalue weighted by atomic mass is 10.2. The van der Waals surface area contributed by atoms with Crippen LogP contribution in [0.15, 0.2) is 23.3 Å². The van der Waals surface area contributed by atoms with E-state index in [9.17, 15) is 13.2 Å². The Morgan fingerprint density at radius 2 is 2.19 bits per heavy atom. The Morgan fingerprint density at radius 1 is 1.50 bits per heavy atom. The third kappa shape index (κ3) is 3.88. The molecule has 0 fully saturated rings. The molecule has 0 amide bonds. The normalized spacial score (nSPS) is 13.2. The number of aliphatic imine (C=N–C) groups is 1. The van der Waals surface area contributed by atoms with Crippen molar-refractivity contribution >= 4 is 6.72 Å². The van der Waals surface area contributed by atoms with Crippen molar-refractivity contribution in [3.05, 3.63) is 24.0 Å². The lowest BCUT2D eigenvalue weighted by Gasteiger charge is -2.09. The summed E-state index contributed by atoms with van der Waals surface area (Å²) < 4.78 is 40.0. The van der Waals surface area contributed by atoms with E-state index in [1.807, 2.05) is 0 Å². The average molecular weight is 232 g/mol. The largest absolute Gasteiger partial charge is 0.483 e. The fourth-order valence-electron chi connectivity index (χ4n) is 0.983. The summed E-state index contributed by atoms with van der Waals surface area (Å²) in [5.41, 5.74) is 0.634. The van der Waals surface area contributed by atoms with Gasteiger partial charge in [-0.3, -0.25) is 9.98 Å². The second-order valence-corrected chi connectivity index (χ2v) is 3.18. The molecule has 1 unspecified atom stereocenters. The molecule has 1 atom stereocenters. The van der Waals surface area contributed by atoms with Crippen LogP contribution in [0.2, 0.25) is 0 Å². The fraction of sp³-hybridized carbons (Fsp3) is 0.400. The molecule has 0 aliphatic rings. The Hall–Kier alpha value is -1.59. The van der Waals surface area contributed by atoms with Gasteiger partial charge in [0.25, 0.3) is 0 Å². The van der Waals surface area contributed by atoms with Crippen molar-refractivity contribution in [2.75, 3.05) is 6.61 Å². The van der Waals surface area contributed by atoms with Crippen LogP contribution in [0.5, 0.6) is 5.75 Å². The van der Waals surface area contributed by atoms with E-state index < -0.39 is 12.8 Å². The molecule has 0 aliphatic heterocycles. The minimum Gasteiger partial charge on any atom is -0.483 e. The van der Waals surface area contributed by atoms with E-state index >= 15 is 0 Å². The first-order valence-corrected chi connectivity index (χ1v) is 4.53. The van der Waals surface area contributed by atoms with Crippen molar-refractivity contribution < 1.29 is 17.9 Å².